The lowest BCUT2D eigenvalue weighted by Crippen LogP contribution is -2.45. The van der Waals surface area contributed by atoms with Gasteiger partial charge in [-0.15, -0.1) is 0 Å². The summed E-state index contributed by atoms with van der Waals surface area (Å²) in [6.45, 7) is 5.81. The highest BCUT2D eigenvalue weighted by Crippen LogP contribution is 2.20. The summed E-state index contributed by atoms with van der Waals surface area (Å²) >= 11 is 6.00. The third kappa shape index (κ3) is 4.79. The Kier molecular flexibility index (Phi) is 5.63. The van der Waals surface area contributed by atoms with Crippen LogP contribution in [-0.2, 0) is 4.79 Å². The monoisotopic (exact) mass is 283 g/mol. The van der Waals surface area contributed by atoms with Crippen LogP contribution in [0.25, 0.3) is 0 Å². The van der Waals surface area contributed by atoms with E-state index in [9.17, 15) is 9.59 Å². The van der Waals surface area contributed by atoms with Gasteiger partial charge in [-0.25, -0.2) is 4.79 Å². The van der Waals surface area contributed by atoms with E-state index < -0.39 is 18.0 Å². The van der Waals surface area contributed by atoms with Crippen molar-refractivity contribution in [3.05, 3.63) is 28.8 Å². The van der Waals surface area contributed by atoms with Crippen LogP contribution in [0.15, 0.2) is 18.2 Å². The molecule has 0 saturated heterocycles. The van der Waals surface area contributed by atoms with Gasteiger partial charge in [0.15, 0.2) is 0 Å². The van der Waals surface area contributed by atoms with Crippen molar-refractivity contribution in [2.45, 2.75) is 26.8 Å². The van der Waals surface area contributed by atoms with Gasteiger partial charge in [0.25, 0.3) is 0 Å². The molecule has 5 nitrogen and oxygen atoms in total. The zero-order valence-corrected chi connectivity index (χ0v) is 12.0. The minimum Gasteiger partial charge on any atom is -0.374 e. The molecule has 3 amide bonds. The maximum atomic E-state index is 11.7. The molecule has 6 heteroatoms. The summed E-state index contributed by atoms with van der Waals surface area (Å²) in [6.07, 6.45) is 0. The maximum absolute atomic E-state index is 11.7. The number of nitrogens with one attached hydrogen (secondary N) is 3. The first-order valence-corrected chi connectivity index (χ1v) is 6.43. The Balaban J connectivity index is 2.58. The van der Waals surface area contributed by atoms with Gasteiger partial charge in [0.1, 0.15) is 6.04 Å². The van der Waals surface area contributed by atoms with Gasteiger partial charge in [0.05, 0.1) is 0 Å². The normalized spacial score (nSPS) is 11.6. The van der Waals surface area contributed by atoms with Crippen LogP contribution in [0.2, 0.25) is 5.02 Å². The standard InChI is InChI=1S/C13H18ClN3O2/c1-4-15-13(19)17-12(18)9(3)16-10-6-5-8(2)11(14)7-10/h5-7,9,16H,4H2,1-3H3,(H2,15,17,18,19). The first kappa shape index (κ1) is 15.3. The van der Waals surface area contributed by atoms with Gasteiger partial charge in [-0.3, -0.25) is 10.1 Å². The molecule has 0 aliphatic heterocycles. The zero-order valence-electron chi connectivity index (χ0n) is 11.2. The summed E-state index contributed by atoms with van der Waals surface area (Å²) in [4.78, 5) is 22.9. The average molecular weight is 284 g/mol. The third-order valence-corrected chi connectivity index (χ3v) is 2.93. The van der Waals surface area contributed by atoms with E-state index in [1.807, 2.05) is 19.1 Å². The topological polar surface area (TPSA) is 70.2 Å². The van der Waals surface area contributed by atoms with Crippen LogP contribution >= 0.6 is 11.6 Å². The molecule has 0 bridgehead atoms. The molecular formula is C13H18ClN3O2. The number of hydrogen-bond donors (Lipinski definition) is 3. The molecule has 1 rings (SSSR count). The Hall–Kier alpha value is -1.75. The Bertz CT molecular complexity index is 477. The summed E-state index contributed by atoms with van der Waals surface area (Å²) in [5.41, 5.74) is 1.70. The van der Waals surface area contributed by atoms with E-state index in [1.54, 1.807) is 19.9 Å². The highest BCUT2D eigenvalue weighted by Gasteiger charge is 2.15. The number of urea groups is 1. The van der Waals surface area contributed by atoms with E-state index in [4.69, 9.17) is 11.6 Å². The van der Waals surface area contributed by atoms with E-state index in [0.29, 0.717) is 11.6 Å². The van der Waals surface area contributed by atoms with Gasteiger partial charge in [0.2, 0.25) is 5.91 Å². The average Bonchev–Trinajstić information content (AvgIpc) is 2.34. The number of hydrogen-bond acceptors (Lipinski definition) is 3. The Morgan fingerprint density at radius 2 is 2.05 bits per heavy atom. The molecule has 0 aliphatic carbocycles. The molecule has 0 spiro atoms. The second kappa shape index (κ2) is 6.99. The summed E-state index contributed by atoms with van der Waals surface area (Å²) in [6, 6.07) is 4.40. The lowest BCUT2D eigenvalue weighted by molar-refractivity contribution is -0.120. The van der Waals surface area contributed by atoms with Crippen molar-refractivity contribution < 1.29 is 9.59 Å². The van der Waals surface area contributed by atoms with Gasteiger partial charge in [-0.1, -0.05) is 17.7 Å². The van der Waals surface area contributed by atoms with Crippen molar-refractivity contribution in [1.29, 1.82) is 0 Å². The number of benzene rings is 1. The SMILES string of the molecule is CCNC(=O)NC(=O)C(C)Nc1ccc(C)c(Cl)c1. The predicted molar refractivity (Wildman–Crippen MR) is 76.5 cm³/mol. The lowest BCUT2D eigenvalue weighted by Gasteiger charge is -2.15. The molecule has 0 saturated carbocycles. The van der Waals surface area contributed by atoms with Gasteiger partial charge in [0, 0.05) is 17.3 Å². The largest absolute Gasteiger partial charge is 0.374 e. The molecule has 19 heavy (non-hydrogen) atoms. The summed E-state index contributed by atoms with van der Waals surface area (Å²) in [5.74, 6) is -0.400. The highest BCUT2D eigenvalue weighted by atomic mass is 35.5. The second-order valence-electron chi connectivity index (χ2n) is 4.18. The number of aryl methyl sites for hydroxylation is 1. The third-order valence-electron chi connectivity index (χ3n) is 2.52. The number of anilines is 1. The molecule has 3 N–H and O–H groups in total. The molecule has 0 aromatic heterocycles. The van der Waals surface area contributed by atoms with Gasteiger partial charge in [-0.2, -0.15) is 0 Å². The second-order valence-corrected chi connectivity index (χ2v) is 4.59. The van der Waals surface area contributed by atoms with Crippen LogP contribution in [0.1, 0.15) is 19.4 Å². The van der Waals surface area contributed by atoms with Crippen molar-refractivity contribution in [1.82, 2.24) is 10.6 Å². The number of imide groups is 1. The van der Waals surface area contributed by atoms with Crippen molar-refractivity contribution in [3.8, 4) is 0 Å². The van der Waals surface area contributed by atoms with Crippen LogP contribution in [0.4, 0.5) is 10.5 Å². The Labute approximate surface area is 117 Å². The Morgan fingerprint density at radius 1 is 1.37 bits per heavy atom. The molecule has 0 fully saturated rings. The lowest BCUT2D eigenvalue weighted by atomic mass is 10.2. The fourth-order valence-corrected chi connectivity index (χ4v) is 1.60. The zero-order chi connectivity index (χ0) is 14.4. The van der Waals surface area contributed by atoms with Gasteiger partial charge >= 0.3 is 6.03 Å². The number of rotatable bonds is 4. The molecule has 0 radical (unpaired) electrons. The van der Waals surface area contributed by atoms with Gasteiger partial charge in [-0.05, 0) is 38.5 Å². The van der Waals surface area contributed by atoms with Crippen molar-refractivity contribution >= 4 is 29.2 Å². The van der Waals surface area contributed by atoms with Crippen LogP contribution < -0.4 is 16.0 Å². The van der Waals surface area contributed by atoms with Crippen molar-refractivity contribution in [2.24, 2.45) is 0 Å². The number of carbonyl (C=O) groups is 2. The molecule has 1 aromatic carbocycles. The molecule has 104 valence electrons. The molecule has 1 aromatic rings. The van der Waals surface area contributed by atoms with Crippen molar-refractivity contribution in [3.63, 3.8) is 0 Å². The number of amides is 3. The molecule has 1 atom stereocenters. The minimum atomic E-state index is -0.540. The summed E-state index contributed by atoms with van der Waals surface area (Å²) in [7, 11) is 0. The van der Waals surface area contributed by atoms with E-state index in [2.05, 4.69) is 16.0 Å². The fraction of sp³-hybridized carbons (Fsp3) is 0.385. The van der Waals surface area contributed by atoms with E-state index in [1.165, 1.54) is 0 Å². The van der Waals surface area contributed by atoms with E-state index in [-0.39, 0.29) is 0 Å². The molecule has 0 aliphatic rings. The van der Waals surface area contributed by atoms with E-state index >= 15 is 0 Å². The fourth-order valence-electron chi connectivity index (χ4n) is 1.42. The first-order valence-electron chi connectivity index (χ1n) is 6.05. The van der Waals surface area contributed by atoms with Crippen LogP contribution in [0.3, 0.4) is 0 Å². The van der Waals surface area contributed by atoms with E-state index in [0.717, 1.165) is 11.3 Å². The minimum absolute atomic E-state index is 0.400. The van der Waals surface area contributed by atoms with Crippen LogP contribution in [0, 0.1) is 6.92 Å². The van der Waals surface area contributed by atoms with Crippen LogP contribution in [-0.4, -0.2) is 24.5 Å². The predicted octanol–water partition coefficient (Wildman–Crippen LogP) is 2.29. The maximum Gasteiger partial charge on any atom is 0.321 e. The summed E-state index contributed by atoms with van der Waals surface area (Å²) in [5, 5.41) is 8.34. The van der Waals surface area contributed by atoms with Gasteiger partial charge < -0.3 is 10.6 Å². The Morgan fingerprint density at radius 3 is 2.63 bits per heavy atom. The quantitative estimate of drug-likeness (QED) is 0.794. The first-order chi connectivity index (χ1) is 8.93. The van der Waals surface area contributed by atoms with Crippen LogP contribution in [0.5, 0.6) is 0 Å². The number of carbonyl (C=O) groups excluding carboxylic acids is 2. The van der Waals surface area contributed by atoms with Crippen molar-refractivity contribution in [2.75, 3.05) is 11.9 Å². The highest BCUT2D eigenvalue weighted by molar-refractivity contribution is 6.31. The molecule has 1 unspecified atom stereocenters. The smallest absolute Gasteiger partial charge is 0.321 e. The molecule has 0 heterocycles. The summed E-state index contributed by atoms with van der Waals surface area (Å²) < 4.78 is 0. The molecular weight excluding hydrogens is 266 g/mol. The number of halogens is 1.